The third kappa shape index (κ3) is 3.08. The zero-order valence-corrected chi connectivity index (χ0v) is 15.9. The molecule has 3 aliphatic rings. The van der Waals surface area contributed by atoms with E-state index in [2.05, 4.69) is 23.2 Å². The summed E-state index contributed by atoms with van der Waals surface area (Å²) in [5.74, 6) is 6.92. The molecule has 3 aliphatic carbocycles. The van der Waals surface area contributed by atoms with Gasteiger partial charge >= 0.3 is 0 Å². The Morgan fingerprint density at radius 3 is 2.67 bits per heavy atom. The zero-order chi connectivity index (χ0) is 19.1. The molecule has 0 aromatic heterocycles. The second-order valence-electron chi connectivity index (χ2n) is 8.43. The second kappa shape index (κ2) is 6.80. The maximum atomic E-state index is 12.6. The maximum Gasteiger partial charge on any atom is 0.220 e. The number of carbonyl (C=O) groups excluding carboxylic acids is 2. The van der Waals surface area contributed by atoms with Gasteiger partial charge in [0.2, 0.25) is 5.91 Å². The fourth-order valence-corrected chi connectivity index (χ4v) is 4.83. The Hall–Kier alpha value is -2.12. The molecule has 0 radical (unpaired) electrons. The average molecular weight is 365 g/mol. The van der Waals surface area contributed by atoms with Crippen LogP contribution < -0.4 is 5.32 Å². The Morgan fingerprint density at radius 2 is 2.04 bits per heavy atom. The average Bonchev–Trinajstić information content (AvgIpc) is 3.48. The van der Waals surface area contributed by atoms with Crippen molar-refractivity contribution < 1.29 is 14.7 Å². The van der Waals surface area contributed by atoms with Crippen LogP contribution in [0.25, 0.3) is 0 Å². The molecule has 2 N–H and O–H groups in total. The molecule has 4 heteroatoms. The predicted molar refractivity (Wildman–Crippen MR) is 103 cm³/mol. The molecule has 0 heterocycles. The van der Waals surface area contributed by atoms with Crippen molar-refractivity contribution in [1.82, 2.24) is 5.32 Å². The highest BCUT2D eigenvalue weighted by atomic mass is 16.3. The molecule has 1 aromatic rings. The molecular weight excluding hydrogens is 338 g/mol. The van der Waals surface area contributed by atoms with Gasteiger partial charge in [0, 0.05) is 23.3 Å². The summed E-state index contributed by atoms with van der Waals surface area (Å²) < 4.78 is 0. The summed E-state index contributed by atoms with van der Waals surface area (Å²) in [6, 6.07) is 6.11. The van der Waals surface area contributed by atoms with E-state index in [1.807, 2.05) is 12.1 Å². The van der Waals surface area contributed by atoms with E-state index in [0.717, 1.165) is 42.2 Å². The van der Waals surface area contributed by atoms with Crippen molar-refractivity contribution in [3.8, 4) is 11.8 Å². The van der Waals surface area contributed by atoms with Gasteiger partial charge in [-0.15, -0.1) is 0 Å². The number of benzene rings is 1. The van der Waals surface area contributed by atoms with Crippen molar-refractivity contribution in [2.24, 2.45) is 11.3 Å². The van der Waals surface area contributed by atoms with Crippen LogP contribution in [0.15, 0.2) is 18.2 Å². The highest BCUT2D eigenvalue weighted by Gasteiger charge is 2.59. The van der Waals surface area contributed by atoms with Crippen molar-refractivity contribution in [2.75, 3.05) is 0 Å². The Bertz CT molecular complexity index is 822. The van der Waals surface area contributed by atoms with Crippen LogP contribution in [0.2, 0.25) is 0 Å². The van der Waals surface area contributed by atoms with Crippen LogP contribution in [0, 0.1) is 23.2 Å². The molecule has 1 aromatic carbocycles. The molecular formula is C23H27NO3. The van der Waals surface area contributed by atoms with Crippen molar-refractivity contribution in [3.63, 3.8) is 0 Å². The molecule has 0 aliphatic heterocycles. The smallest absolute Gasteiger partial charge is 0.220 e. The SMILES string of the molecule is CCC(=O)NC1(C=O)c2cc(C#CC3CC3)ccc2CC12CCC(O)CC2. The molecule has 142 valence electrons. The fraction of sp³-hybridized carbons (Fsp3) is 0.565. The minimum absolute atomic E-state index is 0.116. The topological polar surface area (TPSA) is 66.4 Å². The van der Waals surface area contributed by atoms with Gasteiger partial charge in [0.15, 0.2) is 6.29 Å². The summed E-state index contributed by atoms with van der Waals surface area (Å²) in [5, 5.41) is 13.1. The Balaban J connectivity index is 1.79. The van der Waals surface area contributed by atoms with Gasteiger partial charge in [-0.05, 0) is 68.2 Å². The summed E-state index contributed by atoms with van der Waals surface area (Å²) >= 11 is 0. The molecule has 0 saturated heterocycles. The molecule has 1 spiro atoms. The summed E-state index contributed by atoms with van der Waals surface area (Å²) in [5.41, 5.74) is 1.55. The predicted octanol–water partition coefficient (Wildman–Crippen LogP) is 2.85. The van der Waals surface area contributed by atoms with Gasteiger partial charge < -0.3 is 15.2 Å². The van der Waals surface area contributed by atoms with Gasteiger partial charge in [-0.2, -0.15) is 0 Å². The summed E-state index contributed by atoms with van der Waals surface area (Å²) in [6.07, 6.45) is 6.87. The quantitative estimate of drug-likeness (QED) is 0.639. The Labute approximate surface area is 160 Å². The van der Waals surface area contributed by atoms with Gasteiger partial charge in [-0.25, -0.2) is 0 Å². The van der Waals surface area contributed by atoms with Crippen LogP contribution in [0.5, 0.6) is 0 Å². The van der Waals surface area contributed by atoms with Gasteiger partial charge in [0.25, 0.3) is 0 Å². The molecule has 4 rings (SSSR count). The van der Waals surface area contributed by atoms with Gasteiger partial charge in [0.05, 0.1) is 6.10 Å². The van der Waals surface area contributed by atoms with E-state index in [-0.39, 0.29) is 17.4 Å². The number of rotatable bonds is 3. The molecule has 2 saturated carbocycles. The van der Waals surface area contributed by atoms with E-state index in [1.54, 1.807) is 6.92 Å². The number of aldehydes is 1. The van der Waals surface area contributed by atoms with E-state index in [0.29, 0.717) is 25.2 Å². The lowest BCUT2D eigenvalue weighted by Gasteiger charge is -2.47. The number of aliphatic hydroxyl groups is 1. The van der Waals surface area contributed by atoms with Crippen LogP contribution in [-0.2, 0) is 21.5 Å². The van der Waals surface area contributed by atoms with Crippen LogP contribution in [0.1, 0.15) is 68.6 Å². The number of nitrogens with one attached hydrogen (secondary N) is 1. The first-order valence-electron chi connectivity index (χ1n) is 10.1. The lowest BCUT2D eigenvalue weighted by atomic mass is 9.62. The van der Waals surface area contributed by atoms with Crippen molar-refractivity contribution in [1.29, 1.82) is 0 Å². The third-order valence-electron chi connectivity index (χ3n) is 6.64. The van der Waals surface area contributed by atoms with Crippen LogP contribution in [0.3, 0.4) is 0 Å². The molecule has 1 unspecified atom stereocenters. The number of hydrogen-bond donors (Lipinski definition) is 2. The molecule has 4 nitrogen and oxygen atoms in total. The van der Waals surface area contributed by atoms with Crippen molar-refractivity contribution in [3.05, 3.63) is 34.9 Å². The summed E-state index contributed by atoms with van der Waals surface area (Å²) in [4.78, 5) is 25.0. The van der Waals surface area contributed by atoms with E-state index in [1.165, 1.54) is 12.8 Å². The van der Waals surface area contributed by atoms with Gasteiger partial charge in [-0.3, -0.25) is 4.79 Å². The third-order valence-corrected chi connectivity index (χ3v) is 6.64. The lowest BCUT2D eigenvalue weighted by molar-refractivity contribution is -0.133. The number of aliphatic hydroxyl groups excluding tert-OH is 1. The first-order chi connectivity index (χ1) is 13.0. The zero-order valence-electron chi connectivity index (χ0n) is 15.9. The van der Waals surface area contributed by atoms with Crippen LogP contribution >= 0.6 is 0 Å². The van der Waals surface area contributed by atoms with E-state index in [4.69, 9.17) is 0 Å². The molecule has 2 fully saturated rings. The number of carbonyl (C=O) groups is 2. The van der Waals surface area contributed by atoms with E-state index in [9.17, 15) is 14.7 Å². The molecule has 1 atom stereocenters. The summed E-state index contributed by atoms with van der Waals surface area (Å²) in [7, 11) is 0. The lowest BCUT2D eigenvalue weighted by Crippen LogP contribution is -2.58. The summed E-state index contributed by atoms with van der Waals surface area (Å²) in [6.45, 7) is 1.80. The van der Waals surface area contributed by atoms with Gasteiger partial charge in [-0.1, -0.05) is 24.8 Å². The highest BCUT2D eigenvalue weighted by molar-refractivity contribution is 5.85. The van der Waals surface area contributed by atoms with Crippen molar-refractivity contribution in [2.45, 2.75) is 69.9 Å². The standard InChI is InChI=1S/C23H27NO3/c1-2-21(27)24-23(15-25)20-13-17(6-5-16-3-4-16)7-8-18(20)14-22(23)11-9-19(26)10-12-22/h7-8,13,15-16,19,26H,2-4,9-12,14H2,1H3,(H,24,27). The molecule has 0 bridgehead atoms. The van der Waals surface area contributed by atoms with E-state index < -0.39 is 5.54 Å². The van der Waals surface area contributed by atoms with Crippen LogP contribution in [-0.4, -0.2) is 23.4 Å². The monoisotopic (exact) mass is 365 g/mol. The largest absolute Gasteiger partial charge is 0.393 e. The molecule has 27 heavy (non-hydrogen) atoms. The number of hydrogen-bond acceptors (Lipinski definition) is 3. The fourth-order valence-electron chi connectivity index (χ4n) is 4.83. The Morgan fingerprint density at radius 1 is 1.30 bits per heavy atom. The minimum Gasteiger partial charge on any atom is -0.393 e. The van der Waals surface area contributed by atoms with Gasteiger partial charge in [0.1, 0.15) is 5.54 Å². The number of fused-ring (bicyclic) bond motifs is 1. The Kier molecular flexibility index (Phi) is 4.60. The van der Waals surface area contributed by atoms with Crippen molar-refractivity contribution >= 4 is 12.2 Å². The first kappa shape index (κ1) is 18.3. The normalized spacial score (nSPS) is 31.7. The molecule has 1 amide bonds. The van der Waals surface area contributed by atoms with Crippen LogP contribution in [0.4, 0.5) is 0 Å². The number of amides is 1. The minimum atomic E-state index is -1.02. The maximum absolute atomic E-state index is 12.6. The first-order valence-corrected chi connectivity index (χ1v) is 10.1. The van der Waals surface area contributed by atoms with E-state index >= 15 is 0 Å². The second-order valence-corrected chi connectivity index (χ2v) is 8.43. The highest BCUT2D eigenvalue weighted by Crippen LogP contribution is 2.57.